The minimum absolute atomic E-state index is 0.000414. The number of carbonyl (C=O) groups is 1. The van der Waals surface area contributed by atoms with Crippen molar-refractivity contribution < 1.29 is 9.90 Å². The number of aromatic nitrogens is 2. The van der Waals surface area contributed by atoms with Crippen LogP contribution >= 0.6 is 0 Å². The molecule has 6 nitrogen and oxygen atoms in total. The van der Waals surface area contributed by atoms with Gasteiger partial charge < -0.3 is 15.3 Å². The molecule has 0 fully saturated rings. The Labute approximate surface area is 149 Å². The van der Waals surface area contributed by atoms with Crippen LogP contribution in [0.3, 0.4) is 0 Å². The first kappa shape index (κ1) is 19.0. The van der Waals surface area contributed by atoms with Crippen molar-refractivity contribution in [1.29, 1.82) is 0 Å². The zero-order chi connectivity index (χ0) is 18.3. The molecule has 0 bridgehead atoms. The van der Waals surface area contributed by atoms with E-state index in [0.717, 1.165) is 11.3 Å². The molecule has 6 heteroatoms. The first-order valence-corrected chi connectivity index (χ1v) is 8.60. The minimum atomic E-state index is -0.136. The molecule has 0 radical (unpaired) electrons. The number of hydrogen-bond donors (Lipinski definition) is 2. The van der Waals surface area contributed by atoms with Gasteiger partial charge in [0.1, 0.15) is 0 Å². The lowest BCUT2D eigenvalue weighted by atomic mass is 9.96. The van der Waals surface area contributed by atoms with Crippen molar-refractivity contribution in [3.63, 3.8) is 0 Å². The van der Waals surface area contributed by atoms with Crippen LogP contribution in [0.5, 0.6) is 0 Å². The Morgan fingerprint density at radius 2 is 2.00 bits per heavy atom. The number of amides is 2. The SMILES string of the molecule is CC(C)(C)CN(CCCO)C(=O)Nc1ccc(Cn2cccn2)cc1. The molecule has 0 saturated heterocycles. The van der Waals surface area contributed by atoms with Gasteiger partial charge >= 0.3 is 6.03 Å². The van der Waals surface area contributed by atoms with Crippen molar-refractivity contribution >= 4 is 11.7 Å². The highest BCUT2D eigenvalue weighted by molar-refractivity contribution is 5.89. The van der Waals surface area contributed by atoms with E-state index in [0.29, 0.717) is 26.1 Å². The molecule has 1 aromatic heterocycles. The van der Waals surface area contributed by atoms with Crippen LogP contribution in [0, 0.1) is 5.41 Å². The summed E-state index contributed by atoms with van der Waals surface area (Å²) in [5.41, 5.74) is 1.88. The number of aliphatic hydroxyl groups excluding tert-OH is 1. The van der Waals surface area contributed by atoms with Crippen LogP contribution < -0.4 is 5.32 Å². The summed E-state index contributed by atoms with van der Waals surface area (Å²) in [6, 6.07) is 9.53. The third kappa shape index (κ3) is 6.58. The quantitative estimate of drug-likeness (QED) is 0.810. The van der Waals surface area contributed by atoms with Gasteiger partial charge in [-0.15, -0.1) is 0 Å². The predicted octanol–water partition coefficient (Wildman–Crippen LogP) is 3.19. The molecule has 0 aliphatic carbocycles. The van der Waals surface area contributed by atoms with Gasteiger partial charge in [-0.05, 0) is 35.6 Å². The normalized spacial score (nSPS) is 11.4. The molecule has 0 aliphatic heterocycles. The molecular formula is C19H28N4O2. The second-order valence-electron chi connectivity index (χ2n) is 7.39. The molecule has 2 amide bonds. The summed E-state index contributed by atoms with van der Waals surface area (Å²) in [5, 5.41) is 16.2. The summed E-state index contributed by atoms with van der Waals surface area (Å²) in [6.45, 7) is 8.24. The smallest absolute Gasteiger partial charge is 0.321 e. The van der Waals surface area contributed by atoms with Gasteiger partial charge in [-0.2, -0.15) is 5.10 Å². The maximum Gasteiger partial charge on any atom is 0.321 e. The molecule has 25 heavy (non-hydrogen) atoms. The average molecular weight is 344 g/mol. The summed E-state index contributed by atoms with van der Waals surface area (Å²) in [7, 11) is 0. The number of aliphatic hydroxyl groups is 1. The summed E-state index contributed by atoms with van der Waals surface area (Å²) in [5.74, 6) is 0. The molecular weight excluding hydrogens is 316 g/mol. The predicted molar refractivity (Wildman–Crippen MR) is 99.5 cm³/mol. The lowest BCUT2D eigenvalue weighted by Crippen LogP contribution is -2.41. The van der Waals surface area contributed by atoms with Gasteiger partial charge in [-0.3, -0.25) is 4.68 Å². The standard InChI is InChI=1S/C19H28N4O2/c1-19(2,3)15-22(11-5-13-24)18(25)21-17-8-6-16(7-9-17)14-23-12-4-10-20-23/h4,6-10,12,24H,5,11,13-15H2,1-3H3,(H,21,25). The van der Waals surface area contributed by atoms with Gasteiger partial charge in [0.05, 0.1) is 6.54 Å². The molecule has 0 atom stereocenters. The van der Waals surface area contributed by atoms with Gasteiger partial charge in [0.25, 0.3) is 0 Å². The number of rotatable bonds is 7. The van der Waals surface area contributed by atoms with E-state index in [-0.39, 0.29) is 18.1 Å². The van der Waals surface area contributed by atoms with Gasteiger partial charge in [0.15, 0.2) is 0 Å². The first-order valence-electron chi connectivity index (χ1n) is 8.60. The Hall–Kier alpha value is -2.34. The first-order chi connectivity index (χ1) is 11.9. The van der Waals surface area contributed by atoms with Crippen molar-refractivity contribution in [2.24, 2.45) is 5.41 Å². The molecule has 0 spiro atoms. The Morgan fingerprint density at radius 3 is 2.56 bits per heavy atom. The van der Waals surface area contributed by atoms with E-state index in [1.165, 1.54) is 0 Å². The van der Waals surface area contributed by atoms with Crippen LogP contribution in [-0.4, -0.2) is 45.5 Å². The minimum Gasteiger partial charge on any atom is -0.396 e. The molecule has 136 valence electrons. The number of hydrogen-bond acceptors (Lipinski definition) is 3. The Kier molecular flexibility index (Phi) is 6.58. The molecule has 2 N–H and O–H groups in total. The summed E-state index contributed by atoms with van der Waals surface area (Å²) >= 11 is 0. The van der Waals surface area contributed by atoms with Crippen LogP contribution in [0.1, 0.15) is 32.8 Å². The van der Waals surface area contributed by atoms with Crippen LogP contribution in [0.4, 0.5) is 10.5 Å². The fraction of sp³-hybridized carbons (Fsp3) is 0.474. The Balaban J connectivity index is 1.97. The van der Waals surface area contributed by atoms with Crippen molar-refractivity contribution in [3.05, 3.63) is 48.3 Å². The summed E-state index contributed by atoms with van der Waals surface area (Å²) in [6.07, 6.45) is 4.25. The second-order valence-corrected chi connectivity index (χ2v) is 7.39. The summed E-state index contributed by atoms with van der Waals surface area (Å²) < 4.78 is 1.85. The molecule has 1 aromatic carbocycles. The average Bonchev–Trinajstić information content (AvgIpc) is 3.05. The van der Waals surface area contributed by atoms with Crippen LogP contribution in [0.2, 0.25) is 0 Å². The third-order valence-electron chi connectivity index (χ3n) is 3.65. The summed E-state index contributed by atoms with van der Waals surface area (Å²) in [4.78, 5) is 14.3. The van der Waals surface area contributed by atoms with E-state index in [1.54, 1.807) is 11.1 Å². The number of nitrogens with one attached hydrogen (secondary N) is 1. The van der Waals surface area contributed by atoms with Gasteiger partial charge in [0, 0.05) is 37.8 Å². The number of nitrogens with zero attached hydrogens (tertiary/aromatic N) is 3. The fourth-order valence-corrected chi connectivity index (χ4v) is 2.56. The van der Waals surface area contributed by atoms with Gasteiger partial charge in [-0.1, -0.05) is 32.9 Å². The van der Waals surface area contributed by atoms with Crippen LogP contribution in [-0.2, 0) is 6.54 Å². The van der Waals surface area contributed by atoms with E-state index >= 15 is 0 Å². The monoisotopic (exact) mass is 344 g/mol. The lowest BCUT2D eigenvalue weighted by molar-refractivity contribution is 0.176. The van der Waals surface area contributed by atoms with Gasteiger partial charge in [0.2, 0.25) is 0 Å². The number of urea groups is 1. The number of carbonyl (C=O) groups excluding carboxylic acids is 1. The van der Waals surface area contributed by atoms with E-state index in [9.17, 15) is 4.79 Å². The topological polar surface area (TPSA) is 70.4 Å². The second kappa shape index (κ2) is 8.67. The molecule has 0 aliphatic rings. The molecule has 2 aromatic rings. The van der Waals surface area contributed by atoms with Gasteiger partial charge in [-0.25, -0.2) is 4.79 Å². The number of benzene rings is 1. The highest BCUT2D eigenvalue weighted by Gasteiger charge is 2.20. The van der Waals surface area contributed by atoms with Crippen LogP contribution in [0.15, 0.2) is 42.7 Å². The Bertz CT molecular complexity index is 645. The molecule has 2 rings (SSSR count). The molecule has 0 saturated carbocycles. The van der Waals surface area contributed by atoms with Crippen molar-refractivity contribution in [1.82, 2.24) is 14.7 Å². The van der Waals surface area contributed by atoms with E-state index in [1.807, 2.05) is 41.2 Å². The zero-order valence-electron chi connectivity index (χ0n) is 15.3. The highest BCUT2D eigenvalue weighted by atomic mass is 16.3. The fourth-order valence-electron chi connectivity index (χ4n) is 2.56. The lowest BCUT2D eigenvalue weighted by Gasteiger charge is -2.30. The molecule has 0 unspecified atom stereocenters. The third-order valence-corrected chi connectivity index (χ3v) is 3.65. The molecule has 1 heterocycles. The Morgan fingerprint density at radius 1 is 1.28 bits per heavy atom. The maximum absolute atomic E-state index is 12.6. The highest BCUT2D eigenvalue weighted by Crippen LogP contribution is 2.17. The van der Waals surface area contributed by atoms with E-state index in [2.05, 4.69) is 31.2 Å². The maximum atomic E-state index is 12.6. The van der Waals surface area contributed by atoms with E-state index in [4.69, 9.17) is 5.11 Å². The largest absolute Gasteiger partial charge is 0.396 e. The van der Waals surface area contributed by atoms with Crippen LogP contribution in [0.25, 0.3) is 0 Å². The van der Waals surface area contributed by atoms with Crippen molar-refractivity contribution in [3.8, 4) is 0 Å². The zero-order valence-corrected chi connectivity index (χ0v) is 15.3. The number of anilines is 1. The van der Waals surface area contributed by atoms with Crippen molar-refractivity contribution in [2.75, 3.05) is 25.0 Å². The van der Waals surface area contributed by atoms with Crippen molar-refractivity contribution in [2.45, 2.75) is 33.7 Å². The van der Waals surface area contributed by atoms with E-state index < -0.39 is 0 Å².